The molecule has 152 valence electrons. The van der Waals surface area contributed by atoms with E-state index in [1.807, 2.05) is 17.5 Å². The molecule has 4 rings (SSSR count). The molecule has 0 aliphatic carbocycles. The van der Waals surface area contributed by atoms with E-state index in [1.54, 1.807) is 18.2 Å². The van der Waals surface area contributed by atoms with Crippen LogP contribution in [0.3, 0.4) is 0 Å². The van der Waals surface area contributed by atoms with Gasteiger partial charge in [-0.25, -0.2) is 0 Å². The van der Waals surface area contributed by atoms with E-state index >= 15 is 0 Å². The standard InChI is InChI=1S/C20H13Cl2N3O4S/c21-11-3-6-16-14(8-11)19(17-2-1-7-30-17)24(10-18(26)23-16)20(27)13-9-12(25(28)29)4-5-15(13)22/h1-9,19H,10H2,(H,23,26). The van der Waals surface area contributed by atoms with Crippen LogP contribution >= 0.6 is 34.5 Å². The zero-order chi connectivity index (χ0) is 21.4. The van der Waals surface area contributed by atoms with Crippen LogP contribution in [0, 0.1) is 10.1 Å². The number of hydrogen-bond acceptors (Lipinski definition) is 5. The zero-order valence-corrected chi connectivity index (χ0v) is 17.5. The zero-order valence-electron chi connectivity index (χ0n) is 15.2. The Kier molecular flexibility index (Phi) is 5.46. The number of anilines is 1. The lowest BCUT2D eigenvalue weighted by Gasteiger charge is -2.29. The summed E-state index contributed by atoms with van der Waals surface area (Å²) in [4.78, 5) is 38.8. The number of rotatable bonds is 3. The van der Waals surface area contributed by atoms with Crippen molar-refractivity contribution in [2.24, 2.45) is 0 Å². The van der Waals surface area contributed by atoms with Gasteiger partial charge in [-0.3, -0.25) is 19.7 Å². The largest absolute Gasteiger partial charge is 0.324 e. The van der Waals surface area contributed by atoms with Gasteiger partial charge < -0.3 is 10.2 Å². The molecule has 2 amide bonds. The number of halogens is 2. The molecular weight excluding hydrogens is 449 g/mol. The van der Waals surface area contributed by atoms with E-state index in [0.29, 0.717) is 16.3 Å². The minimum Gasteiger partial charge on any atom is -0.324 e. The predicted octanol–water partition coefficient (Wildman–Crippen LogP) is 5.15. The number of benzene rings is 2. The molecule has 0 spiro atoms. The van der Waals surface area contributed by atoms with Crippen LogP contribution in [0.25, 0.3) is 0 Å². The molecule has 10 heteroatoms. The lowest BCUT2D eigenvalue weighted by molar-refractivity contribution is -0.384. The van der Waals surface area contributed by atoms with Crippen molar-refractivity contribution >= 4 is 57.7 Å². The first-order valence-corrected chi connectivity index (χ1v) is 10.4. The molecule has 7 nitrogen and oxygen atoms in total. The summed E-state index contributed by atoms with van der Waals surface area (Å²) in [7, 11) is 0. The van der Waals surface area contributed by atoms with Crippen LogP contribution in [0.15, 0.2) is 53.9 Å². The maximum absolute atomic E-state index is 13.5. The third-order valence-corrected chi connectivity index (χ3v) is 6.16. The molecule has 3 aromatic rings. The van der Waals surface area contributed by atoms with Crippen LogP contribution in [0.2, 0.25) is 10.0 Å². The highest BCUT2D eigenvalue weighted by molar-refractivity contribution is 7.10. The summed E-state index contributed by atoms with van der Waals surface area (Å²) in [5.74, 6) is -0.988. The molecule has 0 fully saturated rings. The number of nitro benzene ring substituents is 1. The summed E-state index contributed by atoms with van der Waals surface area (Å²) in [5, 5.41) is 16.4. The first kappa shape index (κ1) is 20.3. The number of thiophene rings is 1. The summed E-state index contributed by atoms with van der Waals surface area (Å²) < 4.78 is 0. The Morgan fingerprint density at radius 2 is 2.00 bits per heavy atom. The summed E-state index contributed by atoms with van der Waals surface area (Å²) >= 11 is 13.8. The monoisotopic (exact) mass is 461 g/mol. The smallest absolute Gasteiger partial charge is 0.270 e. The van der Waals surface area contributed by atoms with Crippen LogP contribution < -0.4 is 5.32 Å². The highest BCUT2D eigenvalue weighted by Gasteiger charge is 2.35. The number of fused-ring (bicyclic) bond motifs is 1. The van der Waals surface area contributed by atoms with Crippen LogP contribution in [0.5, 0.6) is 0 Å². The van der Waals surface area contributed by atoms with Gasteiger partial charge in [-0.2, -0.15) is 0 Å². The third-order valence-electron chi connectivity index (χ3n) is 4.67. The molecule has 0 saturated carbocycles. The average molecular weight is 462 g/mol. The Balaban J connectivity index is 1.89. The van der Waals surface area contributed by atoms with Gasteiger partial charge in [0.2, 0.25) is 5.91 Å². The number of non-ortho nitro benzene ring substituents is 1. The second-order valence-electron chi connectivity index (χ2n) is 6.55. The van der Waals surface area contributed by atoms with Crippen molar-refractivity contribution in [3.8, 4) is 0 Å². The maximum atomic E-state index is 13.5. The fourth-order valence-corrected chi connectivity index (χ4v) is 4.60. The molecule has 0 saturated heterocycles. The van der Waals surface area contributed by atoms with Gasteiger partial charge in [0.1, 0.15) is 6.54 Å². The highest BCUT2D eigenvalue weighted by Crippen LogP contribution is 2.40. The first-order chi connectivity index (χ1) is 14.3. The third kappa shape index (κ3) is 3.77. The van der Waals surface area contributed by atoms with Gasteiger partial charge in [0.25, 0.3) is 11.6 Å². The number of hydrogen-bond donors (Lipinski definition) is 1. The van der Waals surface area contributed by atoms with Gasteiger partial charge in [-0.1, -0.05) is 29.3 Å². The Bertz CT molecular complexity index is 1170. The van der Waals surface area contributed by atoms with Gasteiger partial charge in [0.05, 0.1) is 21.6 Å². The fourth-order valence-electron chi connectivity index (χ4n) is 3.37. The molecule has 30 heavy (non-hydrogen) atoms. The van der Waals surface area contributed by atoms with Gasteiger partial charge in [-0.05, 0) is 35.7 Å². The van der Waals surface area contributed by atoms with E-state index in [0.717, 1.165) is 10.9 Å². The van der Waals surface area contributed by atoms with Crippen molar-refractivity contribution in [3.63, 3.8) is 0 Å². The number of carbonyl (C=O) groups excluding carboxylic acids is 2. The summed E-state index contributed by atoms with van der Waals surface area (Å²) in [6.07, 6.45) is 0. The van der Waals surface area contributed by atoms with E-state index < -0.39 is 22.8 Å². The summed E-state index contributed by atoms with van der Waals surface area (Å²) in [5.41, 5.74) is 0.873. The summed E-state index contributed by atoms with van der Waals surface area (Å²) in [6, 6.07) is 11.8. The molecule has 0 bridgehead atoms. The lowest BCUT2D eigenvalue weighted by Crippen LogP contribution is -2.38. The van der Waals surface area contributed by atoms with E-state index in [9.17, 15) is 19.7 Å². The topological polar surface area (TPSA) is 92.5 Å². The average Bonchev–Trinajstić information content (AvgIpc) is 3.18. The molecular formula is C20H13Cl2N3O4S. The van der Waals surface area contributed by atoms with Crippen molar-refractivity contribution in [1.29, 1.82) is 0 Å². The van der Waals surface area contributed by atoms with Crippen molar-refractivity contribution in [3.05, 3.63) is 90.1 Å². The Labute approximate surface area is 185 Å². The molecule has 1 atom stereocenters. The van der Waals surface area contributed by atoms with E-state index in [2.05, 4.69) is 5.32 Å². The molecule has 2 aromatic carbocycles. The number of amides is 2. The van der Waals surface area contributed by atoms with Gasteiger partial charge in [0.15, 0.2) is 0 Å². The second-order valence-corrected chi connectivity index (χ2v) is 8.37. The van der Waals surface area contributed by atoms with E-state index in [1.165, 1.54) is 28.4 Å². The molecule has 1 aliphatic rings. The van der Waals surface area contributed by atoms with E-state index in [4.69, 9.17) is 23.2 Å². The maximum Gasteiger partial charge on any atom is 0.270 e. The Hall–Kier alpha value is -2.94. The number of nitrogens with zero attached hydrogens (tertiary/aromatic N) is 2. The minimum absolute atomic E-state index is 0.0503. The first-order valence-electron chi connectivity index (χ1n) is 8.73. The van der Waals surface area contributed by atoms with Gasteiger partial charge >= 0.3 is 0 Å². The number of nitro groups is 1. The lowest BCUT2D eigenvalue weighted by atomic mass is 10.0. The SMILES string of the molecule is O=C1CN(C(=O)c2cc([N+](=O)[O-])ccc2Cl)C(c2cccs2)c2cc(Cl)ccc2N1. The molecule has 2 heterocycles. The predicted molar refractivity (Wildman–Crippen MR) is 115 cm³/mol. The van der Waals surface area contributed by atoms with Crippen LogP contribution in [-0.4, -0.2) is 28.2 Å². The Morgan fingerprint density at radius 1 is 1.20 bits per heavy atom. The quantitative estimate of drug-likeness (QED) is 0.431. The van der Waals surface area contributed by atoms with Crippen LogP contribution in [0.1, 0.15) is 26.8 Å². The molecule has 0 radical (unpaired) electrons. The molecule has 1 aromatic heterocycles. The Morgan fingerprint density at radius 3 is 2.70 bits per heavy atom. The van der Waals surface area contributed by atoms with Crippen molar-refractivity contribution in [1.82, 2.24) is 4.90 Å². The summed E-state index contributed by atoms with van der Waals surface area (Å²) in [6.45, 7) is -0.257. The molecule has 1 unspecified atom stereocenters. The number of nitrogens with one attached hydrogen (secondary N) is 1. The normalized spacial score (nSPS) is 15.9. The van der Waals surface area contributed by atoms with Crippen LogP contribution in [-0.2, 0) is 4.79 Å². The van der Waals surface area contributed by atoms with Crippen molar-refractivity contribution in [2.45, 2.75) is 6.04 Å². The van der Waals surface area contributed by atoms with Gasteiger partial charge in [0, 0.05) is 33.3 Å². The minimum atomic E-state index is -0.625. The fraction of sp³-hybridized carbons (Fsp3) is 0.100. The second kappa shape index (κ2) is 8.06. The molecule has 1 aliphatic heterocycles. The van der Waals surface area contributed by atoms with Crippen LogP contribution in [0.4, 0.5) is 11.4 Å². The molecule has 1 N–H and O–H groups in total. The number of carbonyl (C=O) groups is 2. The van der Waals surface area contributed by atoms with Crippen molar-refractivity contribution in [2.75, 3.05) is 11.9 Å². The highest BCUT2D eigenvalue weighted by atomic mass is 35.5. The van der Waals surface area contributed by atoms with Gasteiger partial charge in [-0.15, -0.1) is 11.3 Å². The van der Waals surface area contributed by atoms with Crippen molar-refractivity contribution < 1.29 is 14.5 Å². The van der Waals surface area contributed by atoms with E-state index in [-0.39, 0.29) is 22.8 Å².